The molecule has 7 nitrogen and oxygen atoms in total. The van der Waals surface area contributed by atoms with Crippen LogP contribution in [0.4, 0.5) is 11.4 Å². The highest BCUT2D eigenvalue weighted by Crippen LogP contribution is 2.34. The number of halogens is 1. The minimum absolute atomic E-state index is 0.0240. The van der Waals surface area contributed by atoms with Crippen LogP contribution < -0.4 is 14.4 Å². The van der Waals surface area contributed by atoms with Gasteiger partial charge in [0.25, 0.3) is 10.0 Å². The highest BCUT2D eigenvalue weighted by atomic mass is 35.5. The van der Waals surface area contributed by atoms with Gasteiger partial charge < -0.3 is 10.1 Å². The predicted molar refractivity (Wildman–Crippen MR) is 153 cm³/mol. The number of anilines is 2. The fourth-order valence-corrected chi connectivity index (χ4v) is 5.61. The lowest BCUT2D eigenvalue weighted by molar-refractivity contribution is -0.114. The Hall–Kier alpha value is -4.14. The van der Waals surface area contributed by atoms with Crippen LogP contribution in [0.15, 0.2) is 95.9 Å². The summed E-state index contributed by atoms with van der Waals surface area (Å²) in [5.41, 5.74) is 2.70. The number of hydrogen-bond acceptors (Lipinski definition) is 5. The summed E-state index contributed by atoms with van der Waals surface area (Å²) >= 11 is 6.17. The number of methoxy groups -OCH3 is 1. The summed E-state index contributed by atoms with van der Waals surface area (Å²) in [5.74, 6) is -0.702. The maximum Gasteiger partial charge on any atom is 0.264 e. The molecular weight excluding hydrogens is 536 g/mol. The van der Waals surface area contributed by atoms with E-state index in [2.05, 4.69) is 5.32 Å². The molecule has 0 radical (unpaired) electrons. The van der Waals surface area contributed by atoms with Crippen LogP contribution in [0.5, 0.6) is 5.75 Å². The smallest absolute Gasteiger partial charge is 0.264 e. The molecule has 4 aromatic rings. The van der Waals surface area contributed by atoms with Crippen molar-refractivity contribution in [3.63, 3.8) is 0 Å². The predicted octanol–water partition coefficient (Wildman–Crippen LogP) is 6.03. The molecule has 0 bridgehead atoms. The Balaban J connectivity index is 1.72. The van der Waals surface area contributed by atoms with E-state index in [9.17, 15) is 18.0 Å². The first-order valence-corrected chi connectivity index (χ1v) is 13.8. The molecule has 0 heterocycles. The molecule has 0 saturated heterocycles. The van der Waals surface area contributed by atoms with Crippen molar-refractivity contribution in [2.75, 3.05) is 23.3 Å². The van der Waals surface area contributed by atoms with Crippen molar-refractivity contribution >= 4 is 44.7 Å². The molecule has 4 rings (SSSR count). The van der Waals surface area contributed by atoms with Crippen molar-refractivity contribution in [2.45, 2.75) is 18.7 Å². The highest BCUT2D eigenvalue weighted by Gasteiger charge is 2.30. The maximum absolute atomic E-state index is 13.8. The SMILES string of the molecule is COc1ccc(C)cc1N(CC(=O)Nc1ccc(Cl)cc1C(=O)c1ccccc1)S(=O)(=O)c1ccc(C)cc1. The number of hydrogen-bond donors (Lipinski definition) is 1. The molecule has 0 unspecified atom stereocenters. The van der Waals surface area contributed by atoms with Crippen LogP contribution in [0.3, 0.4) is 0 Å². The van der Waals surface area contributed by atoms with E-state index < -0.39 is 22.5 Å². The van der Waals surface area contributed by atoms with Gasteiger partial charge in [0.05, 0.1) is 23.4 Å². The Morgan fingerprint density at radius 3 is 2.21 bits per heavy atom. The average Bonchev–Trinajstić information content (AvgIpc) is 2.93. The van der Waals surface area contributed by atoms with Crippen molar-refractivity contribution in [1.29, 1.82) is 0 Å². The molecule has 0 aliphatic carbocycles. The number of nitrogens with zero attached hydrogens (tertiary/aromatic N) is 1. The summed E-state index contributed by atoms with van der Waals surface area (Å²) in [4.78, 5) is 26.6. The van der Waals surface area contributed by atoms with Crippen molar-refractivity contribution in [1.82, 2.24) is 0 Å². The van der Waals surface area contributed by atoms with Crippen LogP contribution in [0.1, 0.15) is 27.0 Å². The number of nitrogens with one attached hydrogen (secondary N) is 1. The molecule has 4 aromatic carbocycles. The Morgan fingerprint density at radius 1 is 0.872 bits per heavy atom. The first-order valence-electron chi connectivity index (χ1n) is 12.0. The third-order valence-electron chi connectivity index (χ3n) is 6.04. The number of rotatable bonds is 9. The molecular formula is C30H27ClN2O5S. The van der Waals surface area contributed by atoms with E-state index in [1.807, 2.05) is 13.8 Å². The zero-order valence-corrected chi connectivity index (χ0v) is 23.2. The molecule has 0 aliphatic heterocycles. The standard InChI is InChI=1S/C30H27ClN2O5S/c1-20-9-13-24(14-10-20)39(36,37)33(27-17-21(2)11-16-28(27)38-3)19-29(34)32-26-15-12-23(31)18-25(26)30(35)22-7-5-4-6-8-22/h4-18H,19H2,1-3H3,(H,32,34). The van der Waals surface area contributed by atoms with Gasteiger partial charge in [0.15, 0.2) is 5.78 Å². The van der Waals surface area contributed by atoms with Crippen molar-refractivity contribution in [3.8, 4) is 5.75 Å². The van der Waals surface area contributed by atoms with Gasteiger partial charge >= 0.3 is 0 Å². The van der Waals surface area contributed by atoms with Crippen LogP contribution in [-0.2, 0) is 14.8 Å². The lowest BCUT2D eigenvalue weighted by Gasteiger charge is -2.26. The summed E-state index contributed by atoms with van der Waals surface area (Å²) in [6, 6.07) is 24.6. The number of amides is 1. The first-order chi connectivity index (χ1) is 18.6. The molecule has 0 aromatic heterocycles. The fraction of sp³-hybridized carbons (Fsp3) is 0.133. The summed E-state index contributed by atoms with van der Waals surface area (Å²) in [5, 5.41) is 3.03. The molecule has 39 heavy (non-hydrogen) atoms. The second kappa shape index (κ2) is 11.7. The van der Waals surface area contributed by atoms with Crippen LogP contribution in [-0.4, -0.2) is 33.8 Å². The molecule has 0 saturated carbocycles. The largest absolute Gasteiger partial charge is 0.495 e. The molecule has 0 fully saturated rings. The molecule has 200 valence electrons. The average molecular weight is 563 g/mol. The van der Waals surface area contributed by atoms with Crippen molar-refractivity contribution < 1.29 is 22.7 Å². The van der Waals surface area contributed by atoms with Crippen molar-refractivity contribution in [3.05, 3.63) is 118 Å². The minimum atomic E-state index is -4.18. The molecule has 1 amide bonds. The summed E-state index contributed by atoms with van der Waals surface area (Å²) in [7, 11) is -2.75. The lowest BCUT2D eigenvalue weighted by atomic mass is 10.0. The summed E-state index contributed by atoms with van der Waals surface area (Å²) in [6.07, 6.45) is 0. The Labute approximate surface area is 233 Å². The number of ether oxygens (including phenoxy) is 1. The van der Waals surface area contributed by atoms with Crippen LogP contribution >= 0.6 is 11.6 Å². The lowest BCUT2D eigenvalue weighted by Crippen LogP contribution is -2.38. The van der Waals surface area contributed by atoms with E-state index in [1.165, 1.54) is 31.4 Å². The monoisotopic (exact) mass is 562 g/mol. The summed E-state index contributed by atoms with van der Waals surface area (Å²) < 4.78 is 34.1. The van der Waals surface area contributed by atoms with Gasteiger partial charge in [-0.3, -0.25) is 13.9 Å². The second-order valence-electron chi connectivity index (χ2n) is 8.93. The fourth-order valence-electron chi connectivity index (χ4n) is 4.01. The van der Waals surface area contributed by atoms with E-state index in [0.717, 1.165) is 15.4 Å². The van der Waals surface area contributed by atoms with E-state index in [4.69, 9.17) is 16.3 Å². The number of benzene rings is 4. The van der Waals surface area contributed by atoms with E-state index in [-0.39, 0.29) is 33.4 Å². The van der Waals surface area contributed by atoms with Gasteiger partial charge in [-0.2, -0.15) is 0 Å². The molecule has 0 spiro atoms. The van der Waals surface area contributed by atoms with Gasteiger partial charge in [-0.15, -0.1) is 0 Å². The van der Waals surface area contributed by atoms with Gasteiger partial charge in [0.2, 0.25) is 5.91 Å². The number of carbonyl (C=O) groups is 2. The van der Waals surface area contributed by atoms with Gasteiger partial charge in [-0.1, -0.05) is 65.7 Å². The van der Waals surface area contributed by atoms with Crippen LogP contribution in [0.25, 0.3) is 0 Å². The van der Waals surface area contributed by atoms with E-state index in [0.29, 0.717) is 10.6 Å². The number of aryl methyl sites for hydroxylation is 2. The van der Waals surface area contributed by atoms with Crippen molar-refractivity contribution in [2.24, 2.45) is 0 Å². The van der Waals surface area contributed by atoms with E-state index >= 15 is 0 Å². The highest BCUT2D eigenvalue weighted by molar-refractivity contribution is 7.92. The van der Waals surface area contributed by atoms with Crippen LogP contribution in [0, 0.1) is 13.8 Å². The minimum Gasteiger partial charge on any atom is -0.495 e. The van der Waals surface area contributed by atoms with Gasteiger partial charge in [-0.25, -0.2) is 8.42 Å². The third kappa shape index (κ3) is 6.30. The first kappa shape index (κ1) is 27.9. The number of sulfonamides is 1. The zero-order chi connectivity index (χ0) is 28.2. The Bertz CT molecular complexity index is 1620. The molecule has 9 heteroatoms. The molecule has 1 N–H and O–H groups in total. The van der Waals surface area contributed by atoms with E-state index in [1.54, 1.807) is 66.7 Å². The maximum atomic E-state index is 13.8. The molecule has 0 aliphatic rings. The number of ketones is 1. The topological polar surface area (TPSA) is 92.8 Å². The Morgan fingerprint density at radius 2 is 1.54 bits per heavy atom. The van der Waals surface area contributed by atoms with Gasteiger partial charge in [0.1, 0.15) is 12.3 Å². The molecule has 0 atom stereocenters. The summed E-state index contributed by atoms with van der Waals surface area (Å²) in [6.45, 7) is 3.10. The zero-order valence-electron chi connectivity index (χ0n) is 21.6. The normalized spacial score (nSPS) is 11.1. The second-order valence-corrected chi connectivity index (χ2v) is 11.2. The number of carbonyl (C=O) groups excluding carboxylic acids is 2. The Kier molecular flexibility index (Phi) is 8.38. The van der Waals surface area contributed by atoms with Gasteiger partial charge in [-0.05, 0) is 61.9 Å². The third-order valence-corrected chi connectivity index (χ3v) is 8.04. The quantitative estimate of drug-likeness (QED) is 0.251. The van der Waals surface area contributed by atoms with Crippen LogP contribution in [0.2, 0.25) is 5.02 Å². The van der Waals surface area contributed by atoms with Gasteiger partial charge in [0, 0.05) is 16.1 Å².